The highest BCUT2D eigenvalue weighted by molar-refractivity contribution is 6.30. The van der Waals surface area contributed by atoms with E-state index in [1.165, 1.54) is 0 Å². The summed E-state index contributed by atoms with van der Waals surface area (Å²) in [6, 6.07) is 5.44. The molecule has 1 fully saturated rings. The average molecular weight is 395 g/mol. The fourth-order valence-electron chi connectivity index (χ4n) is 3.16. The van der Waals surface area contributed by atoms with Crippen molar-refractivity contribution in [2.24, 2.45) is 0 Å². The Morgan fingerprint density at radius 1 is 1.04 bits per heavy atom. The summed E-state index contributed by atoms with van der Waals surface area (Å²) in [6.45, 7) is 11.9. The van der Waals surface area contributed by atoms with Gasteiger partial charge in [-0.15, -0.1) is 0 Å². The topological polar surface area (TPSA) is 64.7 Å². The quantitative estimate of drug-likeness (QED) is 0.805. The van der Waals surface area contributed by atoms with E-state index >= 15 is 0 Å². The summed E-state index contributed by atoms with van der Waals surface area (Å²) in [5.74, 6) is 0.0197. The van der Waals surface area contributed by atoms with Crippen molar-refractivity contribution >= 4 is 29.1 Å². The number of nitrogens with zero attached hydrogens (tertiary/aromatic N) is 2. The van der Waals surface area contributed by atoms with E-state index in [2.05, 4.69) is 20.4 Å². The zero-order valence-electron chi connectivity index (χ0n) is 16.8. The number of amides is 2. The summed E-state index contributed by atoms with van der Waals surface area (Å²) in [7, 11) is 0. The smallest absolute Gasteiger partial charge is 0.238 e. The minimum absolute atomic E-state index is 0.0284. The van der Waals surface area contributed by atoms with Gasteiger partial charge < -0.3 is 10.6 Å². The molecular formula is C20H31ClN4O2. The van der Waals surface area contributed by atoms with Crippen LogP contribution in [0.1, 0.15) is 32.8 Å². The van der Waals surface area contributed by atoms with Crippen molar-refractivity contribution < 1.29 is 9.59 Å². The number of benzene rings is 1. The van der Waals surface area contributed by atoms with Crippen molar-refractivity contribution in [2.75, 3.05) is 44.6 Å². The number of aryl methyl sites for hydroxylation is 1. The van der Waals surface area contributed by atoms with Gasteiger partial charge >= 0.3 is 0 Å². The van der Waals surface area contributed by atoms with Gasteiger partial charge in [0, 0.05) is 29.3 Å². The van der Waals surface area contributed by atoms with Crippen LogP contribution in [0.4, 0.5) is 5.69 Å². The second-order valence-electron chi connectivity index (χ2n) is 8.21. The van der Waals surface area contributed by atoms with E-state index in [0.29, 0.717) is 18.1 Å². The minimum atomic E-state index is -0.215. The molecule has 150 valence electrons. The van der Waals surface area contributed by atoms with Gasteiger partial charge in [0.15, 0.2) is 0 Å². The van der Waals surface area contributed by atoms with Crippen LogP contribution in [-0.4, -0.2) is 66.4 Å². The maximum absolute atomic E-state index is 12.4. The van der Waals surface area contributed by atoms with Gasteiger partial charge in [0.05, 0.1) is 13.1 Å². The van der Waals surface area contributed by atoms with Crippen LogP contribution in [0.5, 0.6) is 0 Å². The van der Waals surface area contributed by atoms with Gasteiger partial charge in [-0.2, -0.15) is 0 Å². The molecule has 0 radical (unpaired) electrons. The van der Waals surface area contributed by atoms with Crippen LogP contribution in [0.2, 0.25) is 5.02 Å². The highest BCUT2D eigenvalue weighted by Crippen LogP contribution is 2.19. The van der Waals surface area contributed by atoms with Crippen molar-refractivity contribution in [3.8, 4) is 0 Å². The average Bonchev–Trinajstić information content (AvgIpc) is 2.73. The van der Waals surface area contributed by atoms with Gasteiger partial charge in [-0.1, -0.05) is 11.6 Å². The molecule has 7 heteroatoms. The van der Waals surface area contributed by atoms with Crippen LogP contribution in [0.3, 0.4) is 0 Å². The van der Waals surface area contributed by atoms with E-state index in [-0.39, 0.29) is 17.4 Å². The molecule has 0 saturated carbocycles. The predicted octanol–water partition coefficient (Wildman–Crippen LogP) is 2.51. The van der Waals surface area contributed by atoms with Crippen LogP contribution in [0.25, 0.3) is 0 Å². The SMILES string of the molecule is Cc1cc(Cl)ccc1NC(=O)CN1CCCN(CC(=O)NC(C)(C)C)CC1. The van der Waals surface area contributed by atoms with E-state index in [1.807, 2.05) is 39.8 Å². The van der Waals surface area contributed by atoms with Crippen LogP contribution in [0.15, 0.2) is 18.2 Å². The second-order valence-corrected chi connectivity index (χ2v) is 8.65. The third kappa shape index (κ3) is 7.87. The van der Waals surface area contributed by atoms with E-state index < -0.39 is 0 Å². The number of hydrogen-bond donors (Lipinski definition) is 2. The third-order valence-electron chi connectivity index (χ3n) is 4.39. The maximum atomic E-state index is 12.4. The summed E-state index contributed by atoms with van der Waals surface area (Å²) >= 11 is 5.96. The Labute approximate surface area is 167 Å². The molecule has 27 heavy (non-hydrogen) atoms. The van der Waals surface area contributed by atoms with Gasteiger partial charge in [-0.3, -0.25) is 19.4 Å². The molecule has 2 rings (SSSR count). The molecule has 0 unspecified atom stereocenters. The molecule has 1 aromatic rings. The fourth-order valence-corrected chi connectivity index (χ4v) is 3.39. The Morgan fingerprint density at radius 2 is 1.63 bits per heavy atom. The Kier molecular flexibility index (Phi) is 7.65. The molecule has 1 saturated heterocycles. The Morgan fingerprint density at radius 3 is 2.19 bits per heavy atom. The number of halogens is 1. The molecule has 2 amide bonds. The normalized spacial score (nSPS) is 16.6. The van der Waals surface area contributed by atoms with E-state index in [4.69, 9.17) is 11.6 Å². The number of hydrogen-bond acceptors (Lipinski definition) is 4. The van der Waals surface area contributed by atoms with E-state index in [9.17, 15) is 9.59 Å². The highest BCUT2D eigenvalue weighted by atomic mass is 35.5. The number of anilines is 1. The lowest BCUT2D eigenvalue weighted by atomic mass is 10.1. The first-order chi connectivity index (χ1) is 12.6. The van der Waals surface area contributed by atoms with Crippen LogP contribution in [-0.2, 0) is 9.59 Å². The molecule has 1 heterocycles. The fraction of sp³-hybridized carbons (Fsp3) is 0.600. The minimum Gasteiger partial charge on any atom is -0.350 e. The van der Waals surface area contributed by atoms with E-state index in [1.54, 1.807) is 6.07 Å². The molecule has 1 aliphatic heterocycles. The highest BCUT2D eigenvalue weighted by Gasteiger charge is 2.21. The van der Waals surface area contributed by atoms with Crippen LogP contribution in [0, 0.1) is 6.92 Å². The summed E-state index contributed by atoms with van der Waals surface area (Å²) in [5.41, 5.74) is 1.52. The number of carbonyl (C=O) groups is 2. The van der Waals surface area contributed by atoms with Crippen molar-refractivity contribution in [2.45, 2.75) is 39.7 Å². The van der Waals surface area contributed by atoms with Crippen LogP contribution >= 0.6 is 11.6 Å². The Hall–Kier alpha value is -1.63. The van der Waals surface area contributed by atoms with Gasteiger partial charge in [-0.25, -0.2) is 0 Å². The molecule has 6 nitrogen and oxygen atoms in total. The monoisotopic (exact) mass is 394 g/mol. The Balaban J connectivity index is 1.80. The zero-order valence-corrected chi connectivity index (χ0v) is 17.5. The summed E-state index contributed by atoms with van der Waals surface area (Å²) in [4.78, 5) is 28.8. The standard InChI is InChI=1S/C20H31ClN4O2/c1-15-12-16(21)6-7-17(15)22-18(26)13-24-8-5-9-25(11-10-24)14-19(27)23-20(2,3)4/h6-7,12H,5,8-11,13-14H2,1-4H3,(H,22,26)(H,23,27). The molecular weight excluding hydrogens is 364 g/mol. The lowest BCUT2D eigenvalue weighted by molar-refractivity contribution is -0.123. The third-order valence-corrected chi connectivity index (χ3v) is 4.63. The van der Waals surface area contributed by atoms with Gasteiger partial charge in [0.2, 0.25) is 11.8 Å². The van der Waals surface area contributed by atoms with Gasteiger partial charge in [0.25, 0.3) is 0 Å². The van der Waals surface area contributed by atoms with Crippen molar-refractivity contribution in [1.29, 1.82) is 0 Å². The summed E-state index contributed by atoms with van der Waals surface area (Å²) in [6.07, 6.45) is 0.941. The molecule has 1 aliphatic rings. The molecule has 0 atom stereocenters. The van der Waals surface area contributed by atoms with Gasteiger partial charge in [-0.05, 0) is 71.0 Å². The van der Waals surface area contributed by atoms with Crippen LogP contribution < -0.4 is 10.6 Å². The number of carbonyl (C=O) groups excluding carboxylic acids is 2. The Bertz CT molecular complexity index is 672. The zero-order chi connectivity index (χ0) is 20.0. The lowest BCUT2D eigenvalue weighted by Gasteiger charge is -2.25. The molecule has 1 aromatic carbocycles. The first-order valence-corrected chi connectivity index (χ1v) is 9.82. The van der Waals surface area contributed by atoms with Gasteiger partial charge in [0.1, 0.15) is 0 Å². The summed E-state index contributed by atoms with van der Waals surface area (Å²) in [5, 5.41) is 6.62. The molecule has 0 aliphatic carbocycles. The second kappa shape index (κ2) is 9.53. The number of rotatable bonds is 5. The largest absolute Gasteiger partial charge is 0.350 e. The lowest BCUT2D eigenvalue weighted by Crippen LogP contribution is -2.46. The molecule has 0 aromatic heterocycles. The first kappa shape index (κ1) is 21.7. The van der Waals surface area contributed by atoms with E-state index in [0.717, 1.165) is 43.9 Å². The predicted molar refractivity (Wildman–Crippen MR) is 110 cm³/mol. The van der Waals surface area contributed by atoms with Crippen molar-refractivity contribution in [3.05, 3.63) is 28.8 Å². The summed E-state index contributed by atoms with van der Waals surface area (Å²) < 4.78 is 0. The molecule has 0 bridgehead atoms. The maximum Gasteiger partial charge on any atom is 0.238 e. The number of nitrogens with one attached hydrogen (secondary N) is 2. The van der Waals surface area contributed by atoms with Crippen molar-refractivity contribution in [3.63, 3.8) is 0 Å². The van der Waals surface area contributed by atoms with Crippen molar-refractivity contribution in [1.82, 2.24) is 15.1 Å². The molecule has 2 N–H and O–H groups in total. The molecule has 0 spiro atoms. The first-order valence-electron chi connectivity index (χ1n) is 9.44.